The van der Waals surface area contributed by atoms with Crippen molar-refractivity contribution in [3.63, 3.8) is 0 Å². The number of hydrogen-bond donors (Lipinski definition) is 1. The number of aromatic nitrogens is 2. The van der Waals surface area contributed by atoms with E-state index < -0.39 is 17.7 Å². The molecule has 0 radical (unpaired) electrons. The number of nitrogens with zero attached hydrogens (tertiary/aromatic N) is 3. The average Bonchev–Trinajstić information content (AvgIpc) is 3.27. The molecule has 3 aromatic rings. The summed E-state index contributed by atoms with van der Waals surface area (Å²) in [5.74, 6) is -1.31. The fourth-order valence-corrected chi connectivity index (χ4v) is 3.59. The van der Waals surface area contributed by atoms with Gasteiger partial charge >= 0.3 is 0 Å². The zero-order valence-corrected chi connectivity index (χ0v) is 14.9. The molecule has 3 heterocycles. The molecule has 0 saturated carbocycles. The van der Waals surface area contributed by atoms with Gasteiger partial charge < -0.3 is 5.32 Å². The Hall–Kier alpha value is -3.39. The minimum atomic E-state index is -0.446. The van der Waals surface area contributed by atoms with Crippen LogP contribution in [-0.2, 0) is 11.3 Å². The lowest BCUT2D eigenvalue weighted by Gasteiger charge is -2.13. The molecule has 1 aliphatic rings. The number of thiazole rings is 1. The van der Waals surface area contributed by atoms with E-state index in [1.807, 2.05) is 17.5 Å². The van der Waals surface area contributed by atoms with Crippen LogP contribution in [0.5, 0.6) is 0 Å². The highest BCUT2D eigenvalue weighted by molar-refractivity contribution is 7.13. The molecule has 1 aliphatic heterocycles. The van der Waals surface area contributed by atoms with E-state index in [1.165, 1.54) is 11.3 Å². The minimum Gasteiger partial charge on any atom is -0.349 e. The third-order valence-corrected chi connectivity index (χ3v) is 5.05. The van der Waals surface area contributed by atoms with Crippen molar-refractivity contribution in [3.05, 3.63) is 71.0 Å². The lowest BCUT2D eigenvalue weighted by Crippen LogP contribution is -2.40. The number of carbonyl (C=O) groups excluding carboxylic acids is 3. The topological polar surface area (TPSA) is 92.3 Å². The van der Waals surface area contributed by atoms with Gasteiger partial charge in [0.1, 0.15) is 11.6 Å². The van der Waals surface area contributed by atoms with Crippen LogP contribution in [0.25, 0.3) is 10.6 Å². The molecule has 0 spiro atoms. The SMILES string of the molecule is O=C(CN1C(=O)c2ccccc2C1=O)NCc1csc(-c2cccnc2)n1. The van der Waals surface area contributed by atoms with Gasteiger partial charge in [-0.2, -0.15) is 0 Å². The number of amides is 3. The minimum absolute atomic E-state index is 0.221. The number of pyridine rings is 1. The summed E-state index contributed by atoms with van der Waals surface area (Å²) in [4.78, 5) is 46.3. The molecule has 0 atom stereocenters. The standard InChI is InChI=1S/C19H14N4O3S/c24-16(10-23-18(25)14-5-1-2-6-15(14)19(23)26)21-9-13-11-27-17(22-13)12-4-3-7-20-8-12/h1-8,11H,9-10H2,(H,21,24). The van der Waals surface area contributed by atoms with E-state index in [0.717, 1.165) is 15.5 Å². The zero-order valence-electron chi connectivity index (χ0n) is 14.1. The smallest absolute Gasteiger partial charge is 0.262 e. The Morgan fingerprint density at radius 1 is 1.07 bits per heavy atom. The van der Waals surface area contributed by atoms with Crippen LogP contribution >= 0.6 is 11.3 Å². The van der Waals surface area contributed by atoms with Crippen LogP contribution in [0.1, 0.15) is 26.4 Å². The van der Waals surface area contributed by atoms with Crippen molar-refractivity contribution in [2.75, 3.05) is 6.54 Å². The Bertz CT molecular complexity index is 997. The first-order chi connectivity index (χ1) is 13.1. The van der Waals surface area contributed by atoms with Crippen molar-refractivity contribution >= 4 is 29.1 Å². The second kappa shape index (κ2) is 7.08. The van der Waals surface area contributed by atoms with Gasteiger partial charge in [-0.15, -0.1) is 11.3 Å². The number of fused-ring (bicyclic) bond motifs is 1. The van der Waals surface area contributed by atoms with Crippen molar-refractivity contribution in [2.45, 2.75) is 6.54 Å². The Balaban J connectivity index is 1.37. The molecule has 3 amide bonds. The molecular weight excluding hydrogens is 364 g/mol. The third-order valence-electron chi connectivity index (χ3n) is 4.11. The van der Waals surface area contributed by atoms with Crippen molar-refractivity contribution < 1.29 is 14.4 Å². The van der Waals surface area contributed by atoms with Crippen molar-refractivity contribution in [1.82, 2.24) is 20.2 Å². The number of nitrogens with one attached hydrogen (secondary N) is 1. The Labute approximate surface area is 158 Å². The third kappa shape index (κ3) is 3.34. The quantitative estimate of drug-likeness (QED) is 0.687. The second-order valence-electron chi connectivity index (χ2n) is 5.90. The van der Waals surface area contributed by atoms with Gasteiger partial charge in [-0.3, -0.25) is 24.3 Å². The van der Waals surface area contributed by atoms with Crippen molar-refractivity contribution in [2.24, 2.45) is 0 Å². The number of carbonyl (C=O) groups is 3. The van der Waals surface area contributed by atoms with Crippen LogP contribution in [0.3, 0.4) is 0 Å². The van der Waals surface area contributed by atoms with Gasteiger partial charge in [0.25, 0.3) is 11.8 Å². The predicted octanol–water partition coefficient (Wildman–Crippen LogP) is 2.12. The number of imide groups is 1. The molecular formula is C19H14N4O3S. The number of rotatable bonds is 5. The van der Waals surface area contributed by atoms with Gasteiger partial charge in [-0.05, 0) is 24.3 Å². The molecule has 7 nitrogen and oxygen atoms in total. The van der Waals surface area contributed by atoms with E-state index in [2.05, 4.69) is 15.3 Å². The van der Waals surface area contributed by atoms with Gasteiger partial charge in [0.15, 0.2) is 0 Å². The van der Waals surface area contributed by atoms with Gasteiger partial charge in [0.05, 0.1) is 23.4 Å². The number of hydrogen-bond acceptors (Lipinski definition) is 6. The molecule has 0 saturated heterocycles. The van der Waals surface area contributed by atoms with Crippen LogP contribution < -0.4 is 5.32 Å². The van der Waals surface area contributed by atoms with Crippen LogP contribution in [0, 0.1) is 0 Å². The van der Waals surface area contributed by atoms with Crippen LogP contribution in [0.15, 0.2) is 54.2 Å². The molecule has 1 aromatic carbocycles. The summed E-state index contributed by atoms with van der Waals surface area (Å²) in [6.07, 6.45) is 3.42. The highest BCUT2D eigenvalue weighted by Gasteiger charge is 2.36. The summed E-state index contributed by atoms with van der Waals surface area (Å²) in [6, 6.07) is 10.3. The summed E-state index contributed by atoms with van der Waals surface area (Å²) in [5.41, 5.74) is 2.27. The van der Waals surface area contributed by atoms with E-state index in [1.54, 1.807) is 36.7 Å². The van der Waals surface area contributed by atoms with Crippen molar-refractivity contribution in [1.29, 1.82) is 0 Å². The fraction of sp³-hybridized carbons (Fsp3) is 0.105. The van der Waals surface area contributed by atoms with E-state index in [4.69, 9.17) is 0 Å². The summed E-state index contributed by atoms with van der Waals surface area (Å²) >= 11 is 1.46. The second-order valence-corrected chi connectivity index (χ2v) is 6.76. The predicted molar refractivity (Wildman–Crippen MR) is 99.0 cm³/mol. The maximum Gasteiger partial charge on any atom is 0.262 e. The van der Waals surface area contributed by atoms with E-state index in [9.17, 15) is 14.4 Å². The van der Waals surface area contributed by atoms with E-state index in [0.29, 0.717) is 16.8 Å². The lowest BCUT2D eigenvalue weighted by atomic mass is 10.1. The molecule has 1 N–H and O–H groups in total. The molecule has 0 unspecified atom stereocenters. The Kier molecular flexibility index (Phi) is 4.47. The normalized spacial score (nSPS) is 13.0. The highest BCUT2D eigenvalue weighted by atomic mass is 32.1. The summed E-state index contributed by atoms with van der Waals surface area (Å²) in [7, 11) is 0. The molecule has 8 heteroatoms. The summed E-state index contributed by atoms with van der Waals surface area (Å²) < 4.78 is 0. The monoisotopic (exact) mass is 378 g/mol. The Morgan fingerprint density at radius 3 is 2.48 bits per heavy atom. The van der Waals surface area contributed by atoms with Crippen LogP contribution in [-0.4, -0.2) is 39.1 Å². The molecule has 0 fully saturated rings. The number of benzene rings is 1. The highest BCUT2D eigenvalue weighted by Crippen LogP contribution is 2.23. The van der Waals surface area contributed by atoms with Crippen LogP contribution in [0.2, 0.25) is 0 Å². The lowest BCUT2D eigenvalue weighted by molar-refractivity contribution is -0.121. The average molecular weight is 378 g/mol. The molecule has 2 aromatic heterocycles. The van der Waals surface area contributed by atoms with E-state index >= 15 is 0 Å². The first-order valence-corrected chi connectivity index (χ1v) is 9.08. The summed E-state index contributed by atoms with van der Waals surface area (Å²) in [6.45, 7) is -0.0925. The molecule has 0 bridgehead atoms. The molecule has 134 valence electrons. The van der Waals surface area contributed by atoms with Gasteiger partial charge in [-0.1, -0.05) is 12.1 Å². The Morgan fingerprint density at radius 2 is 1.81 bits per heavy atom. The fourth-order valence-electron chi connectivity index (χ4n) is 2.78. The van der Waals surface area contributed by atoms with Crippen molar-refractivity contribution in [3.8, 4) is 10.6 Å². The van der Waals surface area contributed by atoms with Gasteiger partial charge in [-0.25, -0.2) is 4.98 Å². The first kappa shape index (κ1) is 17.0. The van der Waals surface area contributed by atoms with Crippen LogP contribution in [0.4, 0.5) is 0 Å². The molecule has 0 aliphatic carbocycles. The maximum absolute atomic E-state index is 12.3. The van der Waals surface area contributed by atoms with E-state index in [-0.39, 0.29) is 13.1 Å². The first-order valence-electron chi connectivity index (χ1n) is 8.20. The summed E-state index contributed by atoms with van der Waals surface area (Å²) in [5, 5.41) is 5.37. The molecule has 27 heavy (non-hydrogen) atoms. The van der Waals surface area contributed by atoms with Gasteiger partial charge in [0.2, 0.25) is 5.91 Å². The largest absolute Gasteiger partial charge is 0.349 e. The zero-order chi connectivity index (χ0) is 18.8. The maximum atomic E-state index is 12.3. The van der Waals surface area contributed by atoms with Gasteiger partial charge in [0, 0.05) is 23.3 Å². The molecule has 4 rings (SSSR count).